The van der Waals surface area contributed by atoms with Crippen LogP contribution in [-0.2, 0) is 4.79 Å². The fourth-order valence-corrected chi connectivity index (χ4v) is 2.79. The molecule has 0 bridgehead atoms. The van der Waals surface area contributed by atoms with Gasteiger partial charge < -0.3 is 19.9 Å². The number of benzene rings is 2. The molecule has 0 unspecified atom stereocenters. The van der Waals surface area contributed by atoms with Crippen molar-refractivity contribution in [1.29, 1.82) is 0 Å². The summed E-state index contributed by atoms with van der Waals surface area (Å²) >= 11 is 0. The lowest BCUT2D eigenvalue weighted by Crippen LogP contribution is -3.07. The van der Waals surface area contributed by atoms with Crippen LogP contribution in [0.1, 0.15) is 17.2 Å². The fraction of sp³-hybridized carbons (Fsp3) is 0.381. The molecule has 5 heteroatoms. The Morgan fingerprint density at radius 1 is 1.12 bits per heavy atom. The molecule has 1 amide bonds. The van der Waals surface area contributed by atoms with E-state index in [1.807, 2.05) is 45.3 Å². The van der Waals surface area contributed by atoms with Crippen LogP contribution >= 0.6 is 0 Å². The van der Waals surface area contributed by atoms with Crippen molar-refractivity contribution >= 4 is 11.6 Å². The first kappa shape index (κ1) is 19.8. The highest BCUT2D eigenvalue weighted by molar-refractivity contribution is 5.77. The molecule has 0 fully saturated rings. The highest BCUT2D eigenvalue weighted by atomic mass is 16.5. The van der Waals surface area contributed by atoms with E-state index in [0.29, 0.717) is 6.54 Å². The Hall–Kier alpha value is -2.53. The minimum Gasteiger partial charge on any atom is -0.484 e. The Kier molecular flexibility index (Phi) is 7.04. The average Bonchev–Trinajstić information content (AvgIpc) is 2.61. The van der Waals surface area contributed by atoms with E-state index in [9.17, 15) is 4.79 Å². The second-order valence-electron chi connectivity index (χ2n) is 6.97. The first-order valence-electron chi connectivity index (χ1n) is 8.91. The molecule has 2 aromatic rings. The van der Waals surface area contributed by atoms with E-state index in [-0.39, 0.29) is 18.6 Å². The minimum atomic E-state index is -0.107. The second kappa shape index (κ2) is 9.25. The number of anilines is 1. The first-order valence-corrected chi connectivity index (χ1v) is 8.91. The van der Waals surface area contributed by atoms with Crippen LogP contribution in [0.25, 0.3) is 0 Å². The van der Waals surface area contributed by atoms with E-state index in [0.717, 1.165) is 17.0 Å². The molecule has 26 heavy (non-hydrogen) atoms. The SMILES string of the molecule is Cc1ccccc1OCC(=O)NC[C@H](c1ccc(N(C)C)cc1)[NH+](C)C. The Labute approximate surface area is 156 Å². The second-order valence-corrected chi connectivity index (χ2v) is 6.97. The van der Waals surface area contributed by atoms with Gasteiger partial charge in [0, 0.05) is 25.3 Å². The van der Waals surface area contributed by atoms with E-state index in [1.54, 1.807) is 0 Å². The number of para-hydroxylation sites is 1. The van der Waals surface area contributed by atoms with Gasteiger partial charge in [-0.2, -0.15) is 0 Å². The van der Waals surface area contributed by atoms with Crippen molar-refractivity contribution in [2.75, 3.05) is 46.2 Å². The minimum absolute atomic E-state index is 0.0277. The molecule has 0 heterocycles. The number of nitrogens with one attached hydrogen (secondary N) is 2. The van der Waals surface area contributed by atoms with Gasteiger partial charge >= 0.3 is 0 Å². The van der Waals surface area contributed by atoms with E-state index >= 15 is 0 Å². The predicted octanol–water partition coefficient (Wildman–Crippen LogP) is 1.44. The van der Waals surface area contributed by atoms with Crippen LogP contribution in [-0.4, -0.2) is 47.2 Å². The van der Waals surface area contributed by atoms with Crippen molar-refractivity contribution < 1.29 is 14.4 Å². The highest BCUT2D eigenvalue weighted by Gasteiger charge is 2.19. The summed E-state index contributed by atoms with van der Waals surface area (Å²) in [5, 5.41) is 2.99. The van der Waals surface area contributed by atoms with Gasteiger partial charge in [-0.05, 0) is 30.7 Å². The van der Waals surface area contributed by atoms with Crippen molar-refractivity contribution in [3.8, 4) is 5.75 Å². The van der Waals surface area contributed by atoms with Crippen molar-refractivity contribution in [3.05, 3.63) is 59.7 Å². The first-order chi connectivity index (χ1) is 12.4. The molecule has 0 radical (unpaired) electrons. The molecule has 0 aliphatic carbocycles. The monoisotopic (exact) mass is 356 g/mol. The van der Waals surface area contributed by atoms with Crippen LogP contribution in [0.2, 0.25) is 0 Å². The average molecular weight is 356 g/mol. The summed E-state index contributed by atoms with van der Waals surface area (Å²) in [4.78, 5) is 15.5. The number of aryl methyl sites for hydroxylation is 1. The molecule has 0 aromatic heterocycles. The summed E-state index contributed by atoms with van der Waals surface area (Å²) in [7, 11) is 8.25. The quantitative estimate of drug-likeness (QED) is 0.752. The molecule has 1 atom stereocenters. The molecular formula is C21H30N3O2+. The summed E-state index contributed by atoms with van der Waals surface area (Å²) in [5.41, 5.74) is 3.39. The topological polar surface area (TPSA) is 46.0 Å². The third kappa shape index (κ3) is 5.49. The van der Waals surface area contributed by atoms with Gasteiger partial charge in [-0.3, -0.25) is 4.79 Å². The van der Waals surface area contributed by atoms with Gasteiger partial charge in [0.2, 0.25) is 0 Å². The van der Waals surface area contributed by atoms with E-state index in [4.69, 9.17) is 4.74 Å². The molecule has 0 saturated carbocycles. The van der Waals surface area contributed by atoms with Gasteiger partial charge in [0.15, 0.2) is 6.61 Å². The molecule has 2 aromatic carbocycles. The molecule has 0 aliphatic rings. The Balaban J connectivity index is 1.91. The fourth-order valence-electron chi connectivity index (χ4n) is 2.79. The van der Waals surface area contributed by atoms with Crippen LogP contribution in [0.5, 0.6) is 5.75 Å². The van der Waals surface area contributed by atoms with Gasteiger partial charge in [0.05, 0.1) is 20.6 Å². The largest absolute Gasteiger partial charge is 0.484 e. The number of carbonyl (C=O) groups excluding carboxylic acids is 1. The number of rotatable bonds is 8. The van der Waals surface area contributed by atoms with Crippen molar-refractivity contribution in [2.45, 2.75) is 13.0 Å². The zero-order valence-corrected chi connectivity index (χ0v) is 16.4. The van der Waals surface area contributed by atoms with Crippen LogP contribution in [0, 0.1) is 6.92 Å². The standard InChI is InChI=1S/C21H29N3O2/c1-16-8-6-7-9-20(16)26-15-21(25)22-14-19(24(4)5)17-10-12-18(13-11-17)23(2)3/h6-13,19H,14-15H2,1-5H3,(H,22,25)/p+1/t19-/m1/s1. The Morgan fingerprint density at radius 2 is 1.77 bits per heavy atom. The summed E-state index contributed by atoms with van der Waals surface area (Å²) in [6, 6.07) is 16.4. The van der Waals surface area contributed by atoms with Crippen molar-refractivity contribution in [1.82, 2.24) is 5.32 Å². The van der Waals surface area contributed by atoms with Crippen LogP contribution in [0.4, 0.5) is 5.69 Å². The third-order valence-electron chi connectivity index (χ3n) is 4.46. The van der Waals surface area contributed by atoms with Crippen LogP contribution < -0.4 is 19.9 Å². The number of hydrogen-bond acceptors (Lipinski definition) is 3. The van der Waals surface area contributed by atoms with Crippen molar-refractivity contribution in [2.24, 2.45) is 0 Å². The Bertz CT molecular complexity index is 711. The van der Waals surface area contributed by atoms with E-state index in [1.165, 1.54) is 10.5 Å². The highest BCUT2D eigenvalue weighted by Crippen LogP contribution is 2.17. The smallest absolute Gasteiger partial charge is 0.258 e. The lowest BCUT2D eigenvalue weighted by Gasteiger charge is -2.23. The zero-order valence-electron chi connectivity index (χ0n) is 16.4. The summed E-state index contributed by atoms with van der Waals surface area (Å²) < 4.78 is 5.61. The molecule has 140 valence electrons. The lowest BCUT2D eigenvalue weighted by atomic mass is 10.1. The lowest BCUT2D eigenvalue weighted by molar-refractivity contribution is -0.890. The molecule has 5 nitrogen and oxygen atoms in total. The van der Waals surface area contributed by atoms with Gasteiger partial charge in [0.25, 0.3) is 5.91 Å². The third-order valence-corrected chi connectivity index (χ3v) is 4.46. The summed E-state index contributed by atoms with van der Waals surface area (Å²) in [6.07, 6.45) is 0. The van der Waals surface area contributed by atoms with Crippen LogP contribution in [0.3, 0.4) is 0 Å². The number of carbonyl (C=O) groups is 1. The van der Waals surface area contributed by atoms with E-state index < -0.39 is 0 Å². The number of likely N-dealkylation sites (N-methyl/N-ethyl adjacent to an activating group) is 1. The number of ether oxygens (including phenoxy) is 1. The maximum Gasteiger partial charge on any atom is 0.258 e. The molecule has 2 rings (SSSR count). The van der Waals surface area contributed by atoms with Crippen LogP contribution in [0.15, 0.2) is 48.5 Å². The number of quaternary nitrogens is 1. The number of hydrogen-bond donors (Lipinski definition) is 2. The van der Waals surface area contributed by atoms with Gasteiger partial charge in [-0.25, -0.2) is 0 Å². The maximum absolute atomic E-state index is 12.2. The summed E-state index contributed by atoms with van der Waals surface area (Å²) in [5.74, 6) is 0.640. The predicted molar refractivity (Wildman–Crippen MR) is 106 cm³/mol. The van der Waals surface area contributed by atoms with Crippen molar-refractivity contribution in [3.63, 3.8) is 0 Å². The zero-order chi connectivity index (χ0) is 19.1. The van der Waals surface area contributed by atoms with Gasteiger partial charge in [0.1, 0.15) is 11.8 Å². The molecule has 0 saturated heterocycles. The maximum atomic E-state index is 12.2. The van der Waals surface area contributed by atoms with Gasteiger partial charge in [-0.1, -0.05) is 30.3 Å². The molecule has 2 N–H and O–H groups in total. The Morgan fingerprint density at radius 3 is 2.35 bits per heavy atom. The normalized spacial score (nSPS) is 11.9. The van der Waals surface area contributed by atoms with E-state index in [2.05, 4.69) is 48.6 Å². The number of amides is 1. The summed E-state index contributed by atoms with van der Waals surface area (Å²) in [6.45, 7) is 2.57. The molecule has 0 spiro atoms. The van der Waals surface area contributed by atoms with Gasteiger partial charge in [-0.15, -0.1) is 0 Å². The molecule has 0 aliphatic heterocycles. The number of nitrogens with zero attached hydrogens (tertiary/aromatic N) is 1. The molecular weight excluding hydrogens is 326 g/mol.